The summed E-state index contributed by atoms with van der Waals surface area (Å²) < 4.78 is 136. The van der Waals surface area contributed by atoms with Crippen LogP contribution in [0, 0.1) is 41.0 Å². The van der Waals surface area contributed by atoms with Gasteiger partial charge in [-0.05, 0) is 26.2 Å². The van der Waals surface area contributed by atoms with Gasteiger partial charge in [-0.25, -0.2) is 74.5 Å². The van der Waals surface area contributed by atoms with E-state index in [4.69, 9.17) is 94.3 Å². The van der Waals surface area contributed by atoms with E-state index in [1.54, 1.807) is 0 Å². The van der Waals surface area contributed by atoms with Crippen LogP contribution in [0.15, 0.2) is 0 Å². The Balaban J connectivity index is -0.000000130. The number of halogens is 4. The Labute approximate surface area is 400 Å². The van der Waals surface area contributed by atoms with Gasteiger partial charge < -0.3 is 62.3 Å². The molecule has 2 fully saturated rings. The van der Waals surface area contributed by atoms with E-state index >= 15 is 0 Å². The molecule has 0 saturated carbocycles. The Morgan fingerprint density at radius 2 is 0.422 bits per heavy atom. The van der Waals surface area contributed by atoms with Gasteiger partial charge in [0, 0.05) is 106 Å². The van der Waals surface area contributed by atoms with Gasteiger partial charge in [-0.15, -0.1) is 41.0 Å². The smallest absolute Gasteiger partial charge is 0.543 e. The molecule has 2 heterocycles. The molecule has 0 bridgehead atoms. The van der Waals surface area contributed by atoms with Gasteiger partial charge in [-0.2, -0.15) is 0 Å². The van der Waals surface area contributed by atoms with Crippen molar-refractivity contribution >= 4 is 11.9 Å². The zero-order valence-corrected chi connectivity index (χ0v) is 40.2. The van der Waals surface area contributed by atoms with Crippen molar-refractivity contribution in [3.8, 4) is 0 Å². The van der Waals surface area contributed by atoms with E-state index in [-0.39, 0.29) is 33.0 Å². The number of carboxylic acids is 2. The maximum absolute atomic E-state index is 8.93. The summed E-state index contributed by atoms with van der Waals surface area (Å²) in [6.07, 6.45) is 0. The van der Waals surface area contributed by atoms with Gasteiger partial charge in [0.05, 0.1) is 11.9 Å². The fourth-order valence-corrected chi connectivity index (χ4v) is 3.72. The van der Waals surface area contributed by atoms with Gasteiger partial charge in [0.15, 0.2) is 0 Å². The van der Waals surface area contributed by atoms with E-state index in [2.05, 4.69) is 89.8 Å². The summed E-state index contributed by atoms with van der Waals surface area (Å²) in [5.41, 5.74) is 0. The van der Waals surface area contributed by atoms with Gasteiger partial charge in [0.1, 0.15) is 0 Å². The third-order valence-corrected chi connectivity index (χ3v) is 6.55. The van der Waals surface area contributed by atoms with E-state index in [1.165, 1.54) is 0 Å². The fourth-order valence-electron chi connectivity index (χ4n) is 3.72. The summed E-state index contributed by atoms with van der Waals surface area (Å²) in [6.45, 7) is 28.8. The maximum Gasteiger partial charge on any atom is 3.00 e. The normalized spacial score (nSPS) is 17.8. The third kappa shape index (κ3) is 100. The molecule has 0 aliphatic carbocycles. The Bertz CT molecular complexity index is 830. The summed E-state index contributed by atoms with van der Waals surface area (Å²) in [4.78, 5) is 27.3. The molecule has 64 heavy (non-hydrogen) atoms. The molecule has 2 rings (SSSR count). The van der Waals surface area contributed by atoms with E-state index in [1.807, 2.05) is 0 Å². The quantitative estimate of drug-likeness (QED) is 0.0957. The van der Waals surface area contributed by atoms with Gasteiger partial charge in [0.2, 0.25) is 0 Å². The number of aliphatic carboxylic acids is 2. The Hall–Kier alpha value is -0.0330. The second kappa shape index (κ2) is 49.4. The minimum atomic E-state index is -4.94. The number of hydrogen-bond donors (Lipinski definition) is 8. The molecular weight excluding hydrogens is 1060 g/mol. The first kappa shape index (κ1) is 78.2. The fraction of sp³-hybridized carbons (Fsp3) is 0.923. The first-order valence-electron chi connectivity index (χ1n) is 17.8. The van der Waals surface area contributed by atoms with Crippen LogP contribution in [0.2, 0.25) is 0 Å². The number of nitrogens with zero attached hydrogens (tertiary/aromatic N) is 4. The average molecular weight is 1120 g/mol. The molecule has 32 nitrogen and oxygen atoms in total. The van der Waals surface area contributed by atoms with Crippen LogP contribution in [0.3, 0.4) is 0 Å². The molecule has 392 valence electrons. The van der Waals surface area contributed by atoms with Gasteiger partial charge in [0.25, 0.3) is 0 Å². The summed E-state index contributed by atoms with van der Waals surface area (Å²) in [5, 5.41) is 45.6. The molecule has 38 heteroatoms. The minimum Gasteiger partial charge on any atom is -0.543 e. The van der Waals surface area contributed by atoms with Crippen molar-refractivity contribution in [2.24, 2.45) is 0 Å². The molecule has 2 aliphatic heterocycles. The molecule has 2 saturated heterocycles. The molecule has 0 aromatic carbocycles. The second-order valence-electron chi connectivity index (χ2n) is 11.3. The number of carbonyl (C=O) groups is 2. The Morgan fingerprint density at radius 1 is 0.328 bits per heavy atom. The van der Waals surface area contributed by atoms with Crippen LogP contribution in [0.25, 0.3) is 0 Å². The molecule has 0 unspecified atom stereocenters. The van der Waals surface area contributed by atoms with E-state index < -0.39 is 52.9 Å². The second-order valence-corrected chi connectivity index (χ2v) is 14.3. The van der Waals surface area contributed by atoms with Crippen LogP contribution >= 0.6 is 0 Å². The molecule has 0 aromatic heterocycles. The summed E-state index contributed by atoms with van der Waals surface area (Å²) in [7, 11) is -19.8. The third-order valence-electron chi connectivity index (χ3n) is 6.55. The molecule has 0 atom stereocenters. The number of carboxylic acid groups (broad SMARTS) is 2. The van der Waals surface area contributed by atoms with Crippen LogP contribution in [0.5, 0.6) is 0 Å². The molecule has 0 amide bonds. The summed E-state index contributed by atoms with van der Waals surface area (Å²) in [6, 6.07) is 0. The van der Waals surface area contributed by atoms with Crippen LogP contribution in [-0.4, -0.2) is 163 Å². The molecule has 8 N–H and O–H groups in total. The number of carbonyl (C=O) groups excluding carboxylic acids is 2. The maximum atomic E-state index is 8.93. The largest absolute Gasteiger partial charge is 3.00 e. The topological polar surface area (TPSA) is 558 Å². The number of nitrogens with one attached hydrogen (secondary N) is 8. The van der Waals surface area contributed by atoms with E-state index in [0.29, 0.717) is 0 Å². The zero-order chi connectivity index (χ0) is 49.3. The van der Waals surface area contributed by atoms with Crippen LogP contribution < -0.4 is 127 Å². The van der Waals surface area contributed by atoms with Gasteiger partial charge >= 0.3 is 33.0 Å². The predicted molar refractivity (Wildman–Crippen MR) is 162 cm³/mol. The summed E-state index contributed by atoms with van der Waals surface area (Å²) in [5.74, 6) is -4.37. The molecule has 2 radical (unpaired) electrons. The van der Waals surface area contributed by atoms with Crippen molar-refractivity contribution in [1.29, 1.82) is 0 Å². The van der Waals surface area contributed by atoms with Crippen molar-refractivity contribution in [3.63, 3.8) is 0 Å². The van der Waals surface area contributed by atoms with Crippen molar-refractivity contribution < 1.29 is 168 Å². The van der Waals surface area contributed by atoms with Gasteiger partial charge in [-0.3, -0.25) is 19.6 Å². The summed E-state index contributed by atoms with van der Waals surface area (Å²) >= 11 is 0. The predicted octanol–water partition coefficient (Wildman–Crippen LogP) is -24.9. The Morgan fingerprint density at radius 3 is 0.484 bits per heavy atom. The number of rotatable bonds is 4. The molecule has 0 spiro atoms. The standard InChI is InChI=1S/2C12H30N6.C2H2O4.4ClHO4.2Ni/c2*1-3-17-9-13-5-7-15-11-18(4-2)12-16-8-6-14-10-17;3-1(4)2(5)6;4*2-1(3,4)5;;/h2*13-16H,3-12H2,1-2H3;(H,3,4)(H,5,6);4*(H,2,3,4,5);;/q;;;;;;;2*+3/p-6. The Kier molecular flexibility index (Phi) is 60.3. The van der Waals surface area contributed by atoms with E-state index in [9.17, 15) is 0 Å². The average Bonchev–Trinajstić information content (AvgIpc) is 3.11. The SMILES string of the molecule is CCN1CNCCNCN(CC)CNCCNC1.CCN1CNCCNCN(CC)CNCCNC1.O=C([O-])C(=O)[O-].[Ni+3].[Ni+3].[O-][Cl+3]([O-])([O-])[O-].[O-][Cl+3]([O-])([O-])[O-].[O-][Cl+3]([O-])([O-])[O-].[O-][Cl+3]([O-])([O-])[O-]. The monoisotopic (exact) mass is 1120 g/mol. The molecule has 0 aromatic rings. The van der Waals surface area contributed by atoms with Crippen LogP contribution in [0.1, 0.15) is 27.7 Å². The van der Waals surface area contributed by atoms with E-state index in [0.717, 1.165) is 132 Å². The minimum absolute atomic E-state index is 0. The molecular formula is C26H60Cl4N12Ni2O20. The van der Waals surface area contributed by atoms with Crippen molar-refractivity contribution in [2.45, 2.75) is 27.7 Å². The van der Waals surface area contributed by atoms with Crippen molar-refractivity contribution in [1.82, 2.24) is 62.1 Å². The molecule has 2 aliphatic rings. The number of hydrogen-bond acceptors (Lipinski definition) is 32. The van der Waals surface area contributed by atoms with Crippen LogP contribution in [0.4, 0.5) is 0 Å². The van der Waals surface area contributed by atoms with Crippen molar-refractivity contribution in [2.75, 3.05) is 132 Å². The first-order chi connectivity index (χ1) is 28.4. The first-order valence-corrected chi connectivity index (χ1v) is 22.8. The zero-order valence-electron chi connectivity index (χ0n) is 35.2. The van der Waals surface area contributed by atoms with Gasteiger partial charge in [-0.1, -0.05) is 27.7 Å². The van der Waals surface area contributed by atoms with Crippen LogP contribution in [-0.2, 0) is 42.6 Å². The van der Waals surface area contributed by atoms with Crippen molar-refractivity contribution in [3.05, 3.63) is 0 Å².